The molecule has 0 amide bonds. The van der Waals surface area contributed by atoms with Crippen LogP contribution in [0.3, 0.4) is 0 Å². The Bertz CT molecular complexity index is 230. The molecule has 11 heavy (non-hydrogen) atoms. The monoisotopic (exact) mass is 166 g/mol. The molecule has 58 valence electrons. The van der Waals surface area contributed by atoms with Gasteiger partial charge in [0.05, 0.1) is 0 Å². The minimum Gasteiger partial charge on any atom is -0.324 e. The Morgan fingerprint density at radius 1 is 1.36 bits per heavy atom. The normalized spacial score (nSPS) is 9.18. The van der Waals surface area contributed by atoms with Crippen LogP contribution in [0.1, 0.15) is 5.56 Å². The van der Waals surface area contributed by atoms with E-state index in [2.05, 4.69) is 5.43 Å². The zero-order valence-electron chi connectivity index (χ0n) is 6.08. The number of hydrazine groups is 1. The van der Waals surface area contributed by atoms with Gasteiger partial charge in [-0.3, -0.25) is 5.84 Å². The molecule has 1 rings (SSSR count). The number of anilines is 1. The van der Waals surface area contributed by atoms with Gasteiger partial charge in [-0.2, -0.15) is 0 Å². The molecule has 0 spiro atoms. The van der Waals surface area contributed by atoms with Crippen LogP contribution in [0.5, 0.6) is 0 Å². The van der Waals surface area contributed by atoms with Crippen molar-refractivity contribution in [3.05, 3.63) is 29.8 Å². The molecule has 0 radical (unpaired) electrons. The summed E-state index contributed by atoms with van der Waals surface area (Å²) in [6.07, 6.45) is 0.834. The smallest absolute Gasteiger partial charge is 0.0485 e. The summed E-state index contributed by atoms with van der Waals surface area (Å²) in [4.78, 5) is 0. The number of nitrogen functional groups attached to an aromatic ring is 1. The average molecular weight is 166 g/mol. The van der Waals surface area contributed by atoms with Crippen molar-refractivity contribution in [2.75, 3.05) is 5.43 Å². The first kappa shape index (κ1) is 8.17. The highest BCUT2D eigenvalue weighted by Gasteiger charge is 1.89. The second-order valence-electron chi connectivity index (χ2n) is 2.21. The molecule has 0 unspecified atom stereocenters. The third-order valence-corrected chi connectivity index (χ3v) is 1.61. The van der Waals surface area contributed by atoms with Crippen molar-refractivity contribution in [2.24, 2.45) is 5.84 Å². The minimum atomic E-state index is 0.834. The summed E-state index contributed by atoms with van der Waals surface area (Å²) >= 11 is 4.73. The van der Waals surface area contributed by atoms with Crippen molar-refractivity contribution in [1.82, 2.24) is 0 Å². The lowest BCUT2D eigenvalue weighted by Gasteiger charge is -1.99. The van der Waals surface area contributed by atoms with E-state index in [1.807, 2.05) is 24.3 Å². The molecule has 0 aromatic heterocycles. The molecule has 0 aliphatic carbocycles. The lowest BCUT2D eigenvalue weighted by atomic mass is 10.2. The molecule has 0 saturated carbocycles. The summed E-state index contributed by atoms with van der Waals surface area (Å²) in [5.41, 5.74) is 4.68. The van der Waals surface area contributed by atoms with E-state index in [1.54, 1.807) is 5.37 Å². The molecule has 3 heteroatoms. The van der Waals surface area contributed by atoms with Gasteiger partial charge in [-0.1, -0.05) is 24.4 Å². The van der Waals surface area contributed by atoms with Crippen molar-refractivity contribution in [3.8, 4) is 0 Å². The van der Waals surface area contributed by atoms with Crippen molar-refractivity contribution in [3.63, 3.8) is 0 Å². The molecule has 1 aromatic rings. The average Bonchev–Trinajstić information content (AvgIpc) is 2.07. The Hall–Kier alpha value is -0.930. The van der Waals surface area contributed by atoms with Gasteiger partial charge in [0, 0.05) is 12.1 Å². The molecule has 0 bridgehead atoms. The predicted molar refractivity (Wildman–Crippen MR) is 51.6 cm³/mol. The number of nitrogens with one attached hydrogen (secondary N) is 1. The first-order valence-corrected chi connectivity index (χ1v) is 3.83. The Morgan fingerprint density at radius 2 is 2.00 bits per heavy atom. The molecule has 0 aliphatic heterocycles. The highest BCUT2D eigenvalue weighted by molar-refractivity contribution is 7.78. The highest BCUT2D eigenvalue weighted by Crippen LogP contribution is 2.07. The number of nitrogens with two attached hydrogens (primary N) is 1. The van der Waals surface area contributed by atoms with Crippen molar-refractivity contribution in [2.45, 2.75) is 6.42 Å². The number of thiocarbonyl (C=S) groups is 1. The van der Waals surface area contributed by atoms with E-state index in [4.69, 9.17) is 18.1 Å². The van der Waals surface area contributed by atoms with Gasteiger partial charge in [0.2, 0.25) is 0 Å². The van der Waals surface area contributed by atoms with E-state index in [1.165, 1.54) is 5.56 Å². The van der Waals surface area contributed by atoms with Gasteiger partial charge < -0.3 is 5.43 Å². The molecule has 0 atom stereocenters. The molecule has 0 fully saturated rings. The van der Waals surface area contributed by atoms with E-state index in [0.29, 0.717) is 0 Å². The summed E-state index contributed by atoms with van der Waals surface area (Å²) in [7, 11) is 0. The number of benzene rings is 1. The maximum atomic E-state index is 5.20. The number of hydrogen-bond acceptors (Lipinski definition) is 3. The summed E-state index contributed by atoms with van der Waals surface area (Å²) < 4.78 is 0. The van der Waals surface area contributed by atoms with Gasteiger partial charge in [-0.15, -0.1) is 0 Å². The van der Waals surface area contributed by atoms with Crippen molar-refractivity contribution < 1.29 is 0 Å². The topological polar surface area (TPSA) is 38.0 Å². The lowest BCUT2D eigenvalue weighted by molar-refractivity contribution is 1.32. The van der Waals surface area contributed by atoms with Gasteiger partial charge >= 0.3 is 0 Å². The molecule has 1 aromatic carbocycles. The molecular formula is C8H10N2S. The Labute approximate surface area is 71.4 Å². The number of rotatable bonds is 3. The highest BCUT2D eigenvalue weighted by atomic mass is 32.1. The van der Waals surface area contributed by atoms with Crippen LogP contribution in [-0.2, 0) is 6.42 Å². The quantitative estimate of drug-likeness (QED) is 0.406. The maximum Gasteiger partial charge on any atom is 0.0485 e. The Balaban J connectivity index is 2.74. The van der Waals surface area contributed by atoms with E-state index < -0.39 is 0 Å². The van der Waals surface area contributed by atoms with E-state index in [0.717, 1.165) is 12.1 Å². The largest absolute Gasteiger partial charge is 0.324 e. The third kappa shape index (κ3) is 2.29. The van der Waals surface area contributed by atoms with E-state index >= 15 is 0 Å². The predicted octanol–water partition coefficient (Wildman–Crippen LogP) is 1.51. The third-order valence-electron chi connectivity index (χ3n) is 1.44. The maximum absolute atomic E-state index is 5.20. The summed E-state index contributed by atoms with van der Waals surface area (Å²) in [6.45, 7) is 0. The zero-order chi connectivity index (χ0) is 8.10. The first-order chi connectivity index (χ1) is 5.36. The van der Waals surface area contributed by atoms with Gasteiger partial charge in [0.15, 0.2) is 0 Å². The lowest BCUT2D eigenvalue weighted by Crippen LogP contribution is -2.06. The van der Waals surface area contributed by atoms with Crippen molar-refractivity contribution >= 4 is 23.3 Å². The standard InChI is InChI=1S/C8H10N2S/c9-10-8-3-1-7(2-4-8)5-6-11/h1-4,6,10H,5,9H2. The van der Waals surface area contributed by atoms with Crippen LogP contribution in [0.15, 0.2) is 24.3 Å². The van der Waals surface area contributed by atoms with Crippen LogP contribution in [0, 0.1) is 0 Å². The van der Waals surface area contributed by atoms with Crippen LogP contribution in [-0.4, -0.2) is 5.37 Å². The molecule has 0 heterocycles. The Morgan fingerprint density at radius 3 is 2.45 bits per heavy atom. The van der Waals surface area contributed by atoms with Crippen molar-refractivity contribution in [1.29, 1.82) is 0 Å². The van der Waals surface area contributed by atoms with Crippen LogP contribution >= 0.6 is 12.2 Å². The fraction of sp³-hybridized carbons (Fsp3) is 0.125. The van der Waals surface area contributed by atoms with Gasteiger partial charge in [0.25, 0.3) is 0 Å². The zero-order valence-corrected chi connectivity index (χ0v) is 6.90. The second-order valence-corrected chi connectivity index (χ2v) is 2.55. The Kier molecular flexibility index (Phi) is 3.01. The summed E-state index contributed by atoms with van der Waals surface area (Å²) in [5.74, 6) is 5.20. The van der Waals surface area contributed by atoms with Gasteiger partial charge in [0.1, 0.15) is 0 Å². The molecule has 3 N–H and O–H groups in total. The van der Waals surface area contributed by atoms with Crippen LogP contribution < -0.4 is 11.3 Å². The van der Waals surface area contributed by atoms with Crippen LogP contribution in [0.25, 0.3) is 0 Å². The van der Waals surface area contributed by atoms with E-state index in [9.17, 15) is 0 Å². The SMILES string of the molecule is NNc1ccc(CC=S)cc1. The van der Waals surface area contributed by atoms with Gasteiger partial charge in [-0.25, -0.2) is 0 Å². The summed E-state index contributed by atoms with van der Waals surface area (Å²) in [5, 5.41) is 1.71. The minimum absolute atomic E-state index is 0.834. The fourth-order valence-corrected chi connectivity index (χ4v) is 1.03. The molecule has 0 saturated heterocycles. The van der Waals surface area contributed by atoms with Gasteiger partial charge in [-0.05, 0) is 23.1 Å². The molecular weight excluding hydrogens is 156 g/mol. The van der Waals surface area contributed by atoms with E-state index in [-0.39, 0.29) is 0 Å². The molecule has 0 aliphatic rings. The first-order valence-electron chi connectivity index (χ1n) is 3.36. The summed E-state index contributed by atoms with van der Waals surface area (Å²) in [6, 6.07) is 7.85. The van der Waals surface area contributed by atoms with Crippen LogP contribution in [0.4, 0.5) is 5.69 Å². The fourth-order valence-electron chi connectivity index (χ4n) is 0.833. The van der Waals surface area contributed by atoms with Crippen LogP contribution in [0.2, 0.25) is 0 Å². The number of hydrogen-bond donors (Lipinski definition) is 2. The second kappa shape index (κ2) is 4.05. The molecule has 2 nitrogen and oxygen atoms in total.